The van der Waals surface area contributed by atoms with Gasteiger partial charge in [0.15, 0.2) is 0 Å². The molecule has 0 saturated carbocycles. The van der Waals surface area contributed by atoms with Gasteiger partial charge in [0.25, 0.3) is 5.69 Å². The van der Waals surface area contributed by atoms with Crippen LogP contribution >= 0.6 is 0 Å². The molecule has 0 fully saturated rings. The summed E-state index contributed by atoms with van der Waals surface area (Å²) < 4.78 is 0. The number of nitrogens with zero attached hydrogens (tertiary/aromatic N) is 1. The van der Waals surface area contributed by atoms with Gasteiger partial charge >= 0.3 is 0 Å². The third kappa shape index (κ3) is 5.42. The summed E-state index contributed by atoms with van der Waals surface area (Å²) in [6.07, 6.45) is 0.218. The minimum atomic E-state index is -0.839. The molecule has 130 valence electrons. The van der Waals surface area contributed by atoms with Crippen LogP contribution in [0.4, 0.5) is 5.69 Å². The minimum absolute atomic E-state index is 0.0701. The lowest BCUT2D eigenvalue weighted by Gasteiger charge is -2.16. The quantitative estimate of drug-likeness (QED) is 0.588. The molecule has 7 nitrogen and oxygen atoms in total. The van der Waals surface area contributed by atoms with Gasteiger partial charge in [-0.1, -0.05) is 42.0 Å². The number of hydrogen-bond donors (Lipinski definition) is 2. The van der Waals surface area contributed by atoms with Gasteiger partial charge < -0.3 is 11.1 Å². The van der Waals surface area contributed by atoms with Crippen LogP contribution in [0.5, 0.6) is 0 Å². The lowest BCUT2D eigenvalue weighted by Crippen LogP contribution is -2.46. The molecule has 0 aliphatic rings. The highest BCUT2D eigenvalue weighted by Gasteiger charge is 2.19. The molecule has 1 atom stereocenters. The van der Waals surface area contributed by atoms with E-state index in [2.05, 4.69) is 5.32 Å². The maximum Gasteiger partial charge on any atom is 0.269 e. The van der Waals surface area contributed by atoms with Crippen molar-refractivity contribution < 1.29 is 14.5 Å². The number of amides is 2. The molecule has 0 aromatic heterocycles. The molecular formula is C18H19N3O4. The second-order valence-electron chi connectivity index (χ2n) is 5.82. The van der Waals surface area contributed by atoms with Crippen LogP contribution in [0.3, 0.4) is 0 Å². The highest BCUT2D eigenvalue weighted by atomic mass is 16.6. The van der Waals surface area contributed by atoms with Crippen LogP contribution in [0.15, 0.2) is 48.5 Å². The molecule has 2 aromatic carbocycles. The number of nitrogens with two attached hydrogens (primary N) is 1. The zero-order chi connectivity index (χ0) is 18.4. The number of nitro groups is 1. The number of rotatable bonds is 7. The molecule has 25 heavy (non-hydrogen) atoms. The van der Waals surface area contributed by atoms with Gasteiger partial charge in [0, 0.05) is 18.6 Å². The number of hydrogen-bond acceptors (Lipinski definition) is 4. The van der Waals surface area contributed by atoms with Crippen molar-refractivity contribution in [1.29, 1.82) is 0 Å². The Balaban J connectivity index is 2.02. The molecule has 0 aliphatic carbocycles. The fourth-order valence-corrected chi connectivity index (χ4v) is 2.39. The molecule has 2 amide bonds. The van der Waals surface area contributed by atoms with Gasteiger partial charge in [-0.05, 0) is 18.1 Å². The maximum absolute atomic E-state index is 12.2. The van der Waals surface area contributed by atoms with Crippen LogP contribution in [0.1, 0.15) is 16.7 Å². The van der Waals surface area contributed by atoms with Crippen LogP contribution in [0.2, 0.25) is 0 Å². The van der Waals surface area contributed by atoms with Crippen molar-refractivity contribution in [2.24, 2.45) is 5.73 Å². The molecule has 2 rings (SSSR count). The fourth-order valence-electron chi connectivity index (χ4n) is 2.39. The Morgan fingerprint density at radius 1 is 1.16 bits per heavy atom. The average Bonchev–Trinajstić information content (AvgIpc) is 2.56. The van der Waals surface area contributed by atoms with Gasteiger partial charge in [-0.25, -0.2) is 0 Å². The zero-order valence-corrected chi connectivity index (χ0v) is 13.8. The molecule has 0 unspecified atom stereocenters. The summed E-state index contributed by atoms with van der Waals surface area (Å²) in [6, 6.07) is 12.6. The molecule has 7 heteroatoms. The molecule has 0 saturated heterocycles. The molecule has 0 bridgehead atoms. The number of non-ortho nitro benzene ring substituents is 1. The van der Waals surface area contributed by atoms with Gasteiger partial charge in [0.2, 0.25) is 11.8 Å². The summed E-state index contributed by atoms with van der Waals surface area (Å²) >= 11 is 0. The van der Waals surface area contributed by atoms with Crippen molar-refractivity contribution in [2.45, 2.75) is 25.8 Å². The van der Waals surface area contributed by atoms with Gasteiger partial charge in [0.05, 0.1) is 11.3 Å². The van der Waals surface area contributed by atoms with E-state index in [-0.39, 0.29) is 18.5 Å². The Morgan fingerprint density at radius 2 is 1.84 bits per heavy atom. The predicted octanol–water partition coefficient (Wildman–Crippen LogP) is 1.66. The first kappa shape index (κ1) is 18.1. The topological polar surface area (TPSA) is 115 Å². The Labute approximate surface area is 145 Å². The van der Waals surface area contributed by atoms with Crippen molar-refractivity contribution in [2.75, 3.05) is 0 Å². The van der Waals surface area contributed by atoms with E-state index in [4.69, 9.17) is 5.73 Å². The van der Waals surface area contributed by atoms with E-state index < -0.39 is 22.8 Å². The van der Waals surface area contributed by atoms with Crippen LogP contribution in [0.25, 0.3) is 0 Å². The minimum Gasteiger partial charge on any atom is -0.368 e. The predicted molar refractivity (Wildman–Crippen MR) is 92.8 cm³/mol. The smallest absolute Gasteiger partial charge is 0.269 e. The summed E-state index contributed by atoms with van der Waals surface area (Å²) in [7, 11) is 0. The van der Waals surface area contributed by atoms with Crippen molar-refractivity contribution in [3.05, 3.63) is 75.3 Å². The monoisotopic (exact) mass is 341 g/mol. The van der Waals surface area contributed by atoms with E-state index in [1.807, 2.05) is 31.2 Å². The number of primary amides is 1. The van der Waals surface area contributed by atoms with Gasteiger partial charge in [-0.3, -0.25) is 19.7 Å². The number of carbonyl (C=O) groups is 2. The standard InChI is InChI=1S/C18H19N3O4/c1-12-5-7-13(8-6-12)10-16(18(19)23)20-17(22)11-14-3-2-4-15(9-14)21(24)25/h2-9,16H,10-11H2,1H3,(H2,19,23)(H,20,22)/t16-/m1/s1. The van der Waals surface area contributed by atoms with E-state index in [0.717, 1.165) is 11.1 Å². The van der Waals surface area contributed by atoms with E-state index in [9.17, 15) is 19.7 Å². The van der Waals surface area contributed by atoms with Crippen LogP contribution in [0, 0.1) is 17.0 Å². The first-order chi connectivity index (χ1) is 11.8. The Morgan fingerprint density at radius 3 is 2.44 bits per heavy atom. The second kappa shape index (κ2) is 8.05. The first-order valence-electron chi connectivity index (χ1n) is 7.72. The fraction of sp³-hybridized carbons (Fsp3) is 0.222. The summed E-state index contributed by atoms with van der Waals surface area (Å²) in [6.45, 7) is 1.95. The molecule has 0 aliphatic heterocycles. The third-order valence-electron chi connectivity index (χ3n) is 3.73. The lowest BCUT2D eigenvalue weighted by atomic mass is 10.0. The van der Waals surface area contributed by atoms with Gasteiger partial charge in [-0.15, -0.1) is 0 Å². The number of nitro benzene ring substituents is 1. The number of nitrogens with one attached hydrogen (secondary N) is 1. The summed E-state index contributed by atoms with van der Waals surface area (Å²) in [5, 5.41) is 13.4. The van der Waals surface area contributed by atoms with E-state index in [1.54, 1.807) is 6.07 Å². The molecule has 0 spiro atoms. The van der Waals surface area contributed by atoms with Gasteiger partial charge in [-0.2, -0.15) is 0 Å². The van der Waals surface area contributed by atoms with Crippen molar-refractivity contribution in [3.63, 3.8) is 0 Å². The number of aryl methyl sites for hydroxylation is 1. The SMILES string of the molecule is Cc1ccc(C[C@@H](NC(=O)Cc2cccc([N+](=O)[O-])c2)C(N)=O)cc1. The third-order valence-corrected chi connectivity index (χ3v) is 3.73. The van der Waals surface area contributed by atoms with Crippen molar-refractivity contribution in [3.8, 4) is 0 Å². The average molecular weight is 341 g/mol. The summed E-state index contributed by atoms with van der Waals surface area (Å²) in [5.74, 6) is -1.05. The largest absolute Gasteiger partial charge is 0.368 e. The molecule has 0 radical (unpaired) electrons. The highest BCUT2D eigenvalue weighted by Crippen LogP contribution is 2.13. The molecule has 2 aromatic rings. The zero-order valence-electron chi connectivity index (χ0n) is 13.8. The van der Waals surface area contributed by atoms with Crippen molar-refractivity contribution in [1.82, 2.24) is 5.32 Å². The second-order valence-corrected chi connectivity index (χ2v) is 5.82. The van der Waals surface area contributed by atoms with Crippen LogP contribution in [-0.2, 0) is 22.4 Å². The maximum atomic E-state index is 12.2. The first-order valence-corrected chi connectivity index (χ1v) is 7.72. The normalized spacial score (nSPS) is 11.6. The summed E-state index contributed by atoms with van der Waals surface area (Å²) in [5.41, 5.74) is 7.75. The van der Waals surface area contributed by atoms with E-state index >= 15 is 0 Å². The lowest BCUT2D eigenvalue weighted by molar-refractivity contribution is -0.384. The Hall–Kier alpha value is -3.22. The Kier molecular flexibility index (Phi) is 5.84. The molecular weight excluding hydrogens is 322 g/mol. The number of carbonyl (C=O) groups excluding carboxylic acids is 2. The Bertz CT molecular complexity index is 787. The highest BCUT2D eigenvalue weighted by molar-refractivity contribution is 5.87. The van der Waals surface area contributed by atoms with Crippen LogP contribution in [-0.4, -0.2) is 22.8 Å². The summed E-state index contributed by atoms with van der Waals surface area (Å²) in [4.78, 5) is 34.0. The van der Waals surface area contributed by atoms with E-state index in [1.165, 1.54) is 18.2 Å². The van der Waals surface area contributed by atoms with Crippen molar-refractivity contribution >= 4 is 17.5 Å². The molecule has 3 N–H and O–H groups in total. The van der Waals surface area contributed by atoms with Gasteiger partial charge in [0.1, 0.15) is 6.04 Å². The number of benzene rings is 2. The molecule has 0 heterocycles. The van der Waals surface area contributed by atoms with E-state index in [0.29, 0.717) is 5.56 Å². The van der Waals surface area contributed by atoms with Crippen LogP contribution < -0.4 is 11.1 Å².